The number of amides is 1. The average molecular weight is 357 g/mol. The van der Waals surface area contributed by atoms with Crippen molar-refractivity contribution in [3.05, 3.63) is 42.4 Å². The molecule has 1 aromatic heterocycles. The predicted molar refractivity (Wildman–Crippen MR) is 95.5 cm³/mol. The standard InChI is InChI=1S/C19H23N3O4/c1-14-20-9-6-18(21-14)26-15-7-10-22(11-8-15)19(23)13-25-17-5-3-4-16(12-17)24-2/h3-6,9,12,15H,7-8,10-11,13H2,1-2H3. The molecule has 2 heterocycles. The summed E-state index contributed by atoms with van der Waals surface area (Å²) in [6.07, 6.45) is 3.29. The second kappa shape index (κ2) is 8.51. The molecule has 0 bridgehead atoms. The lowest BCUT2D eigenvalue weighted by Crippen LogP contribution is -2.43. The minimum absolute atomic E-state index is 0.0177. The highest BCUT2D eigenvalue weighted by molar-refractivity contribution is 5.77. The van der Waals surface area contributed by atoms with Gasteiger partial charge in [-0.25, -0.2) is 4.98 Å². The fourth-order valence-electron chi connectivity index (χ4n) is 2.82. The number of ether oxygens (including phenoxy) is 3. The smallest absolute Gasteiger partial charge is 0.260 e. The zero-order valence-corrected chi connectivity index (χ0v) is 15.1. The summed E-state index contributed by atoms with van der Waals surface area (Å²) in [6, 6.07) is 8.98. The summed E-state index contributed by atoms with van der Waals surface area (Å²) < 4.78 is 16.6. The van der Waals surface area contributed by atoms with Crippen molar-refractivity contribution in [3.8, 4) is 17.4 Å². The van der Waals surface area contributed by atoms with Crippen molar-refractivity contribution in [2.24, 2.45) is 0 Å². The summed E-state index contributed by atoms with van der Waals surface area (Å²) in [5.41, 5.74) is 0. The Morgan fingerprint density at radius 2 is 2.00 bits per heavy atom. The molecule has 0 N–H and O–H groups in total. The lowest BCUT2D eigenvalue weighted by Gasteiger charge is -2.31. The highest BCUT2D eigenvalue weighted by atomic mass is 16.5. The third-order valence-corrected chi connectivity index (χ3v) is 4.24. The predicted octanol–water partition coefficient (Wildman–Crippen LogP) is 2.24. The Kier molecular flexibility index (Phi) is 5.88. The van der Waals surface area contributed by atoms with E-state index >= 15 is 0 Å². The van der Waals surface area contributed by atoms with Crippen LogP contribution in [0.25, 0.3) is 0 Å². The van der Waals surface area contributed by atoms with Crippen LogP contribution in [0.15, 0.2) is 36.5 Å². The Labute approximate surface area is 152 Å². The van der Waals surface area contributed by atoms with E-state index in [-0.39, 0.29) is 18.6 Å². The first-order valence-electron chi connectivity index (χ1n) is 8.65. The van der Waals surface area contributed by atoms with E-state index in [1.165, 1.54) is 0 Å². The molecule has 138 valence electrons. The fraction of sp³-hybridized carbons (Fsp3) is 0.421. The lowest BCUT2D eigenvalue weighted by molar-refractivity contribution is -0.135. The normalized spacial score (nSPS) is 14.8. The third kappa shape index (κ3) is 4.84. The molecule has 7 nitrogen and oxygen atoms in total. The molecule has 0 radical (unpaired) electrons. The molecule has 1 aliphatic heterocycles. The number of carbonyl (C=O) groups excluding carboxylic acids is 1. The number of piperidine rings is 1. The summed E-state index contributed by atoms with van der Waals surface area (Å²) in [5, 5.41) is 0. The molecule has 1 fully saturated rings. The van der Waals surface area contributed by atoms with E-state index in [9.17, 15) is 4.79 Å². The summed E-state index contributed by atoms with van der Waals surface area (Å²) in [7, 11) is 1.60. The number of carbonyl (C=O) groups is 1. The van der Waals surface area contributed by atoms with Crippen molar-refractivity contribution in [2.75, 3.05) is 26.8 Å². The first-order valence-corrected chi connectivity index (χ1v) is 8.65. The second-order valence-electron chi connectivity index (χ2n) is 6.11. The van der Waals surface area contributed by atoms with Crippen LogP contribution in [0.3, 0.4) is 0 Å². The average Bonchev–Trinajstić information content (AvgIpc) is 2.67. The van der Waals surface area contributed by atoms with Crippen LogP contribution in [0.4, 0.5) is 0 Å². The summed E-state index contributed by atoms with van der Waals surface area (Å²) in [5.74, 6) is 2.57. The Morgan fingerprint density at radius 1 is 1.23 bits per heavy atom. The van der Waals surface area contributed by atoms with Crippen LogP contribution in [0, 0.1) is 6.92 Å². The molecule has 0 saturated carbocycles. The number of nitrogens with zero attached hydrogens (tertiary/aromatic N) is 3. The molecule has 7 heteroatoms. The SMILES string of the molecule is COc1cccc(OCC(=O)N2CCC(Oc3ccnc(C)n3)CC2)c1. The molecule has 1 saturated heterocycles. The van der Waals surface area contributed by atoms with Crippen molar-refractivity contribution in [1.29, 1.82) is 0 Å². The summed E-state index contributed by atoms with van der Waals surface area (Å²) in [6.45, 7) is 3.14. The van der Waals surface area contributed by atoms with Crippen molar-refractivity contribution >= 4 is 5.91 Å². The van der Waals surface area contributed by atoms with E-state index in [0.29, 0.717) is 36.3 Å². The van der Waals surface area contributed by atoms with Crippen LogP contribution in [0.2, 0.25) is 0 Å². The second-order valence-corrected chi connectivity index (χ2v) is 6.11. The van der Waals surface area contributed by atoms with Gasteiger partial charge in [-0.1, -0.05) is 6.07 Å². The zero-order chi connectivity index (χ0) is 18.4. The van der Waals surface area contributed by atoms with E-state index in [1.807, 2.05) is 24.0 Å². The van der Waals surface area contributed by atoms with Gasteiger partial charge in [0.05, 0.1) is 7.11 Å². The maximum atomic E-state index is 12.3. The zero-order valence-electron chi connectivity index (χ0n) is 15.1. The molecule has 0 aliphatic carbocycles. The number of likely N-dealkylation sites (tertiary alicyclic amines) is 1. The Balaban J connectivity index is 1.44. The third-order valence-electron chi connectivity index (χ3n) is 4.24. The van der Waals surface area contributed by atoms with Gasteiger partial charge < -0.3 is 19.1 Å². The number of aryl methyl sites for hydroxylation is 1. The van der Waals surface area contributed by atoms with Crippen LogP contribution in [0.1, 0.15) is 18.7 Å². The van der Waals surface area contributed by atoms with Crippen LogP contribution < -0.4 is 14.2 Å². The van der Waals surface area contributed by atoms with Crippen LogP contribution >= 0.6 is 0 Å². The Hall–Kier alpha value is -2.83. The van der Waals surface area contributed by atoms with Gasteiger partial charge in [-0.2, -0.15) is 4.98 Å². The largest absolute Gasteiger partial charge is 0.497 e. The quantitative estimate of drug-likeness (QED) is 0.789. The molecule has 1 aromatic carbocycles. The van der Waals surface area contributed by atoms with Gasteiger partial charge in [-0.3, -0.25) is 4.79 Å². The van der Waals surface area contributed by atoms with Gasteiger partial charge in [0.15, 0.2) is 6.61 Å². The number of hydrogen-bond acceptors (Lipinski definition) is 6. The lowest BCUT2D eigenvalue weighted by atomic mass is 10.1. The minimum Gasteiger partial charge on any atom is -0.497 e. The number of methoxy groups -OCH3 is 1. The maximum Gasteiger partial charge on any atom is 0.260 e. The summed E-state index contributed by atoms with van der Waals surface area (Å²) >= 11 is 0. The van der Waals surface area contributed by atoms with Gasteiger partial charge in [0, 0.05) is 44.3 Å². The van der Waals surface area contributed by atoms with Gasteiger partial charge in [0.1, 0.15) is 23.4 Å². The maximum absolute atomic E-state index is 12.3. The van der Waals surface area contributed by atoms with Crippen molar-refractivity contribution < 1.29 is 19.0 Å². The highest BCUT2D eigenvalue weighted by Gasteiger charge is 2.24. The van der Waals surface area contributed by atoms with E-state index in [2.05, 4.69) is 9.97 Å². The van der Waals surface area contributed by atoms with E-state index in [1.54, 1.807) is 31.5 Å². The van der Waals surface area contributed by atoms with Gasteiger partial charge >= 0.3 is 0 Å². The monoisotopic (exact) mass is 357 g/mol. The van der Waals surface area contributed by atoms with Crippen molar-refractivity contribution in [1.82, 2.24) is 14.9 Å². The molecule has 0 atom stereocenters. The van der Waals surface area contributed by atoms with Gasteiger partial charge in [0.2, 0.25) is 5.88 Å². The molecule has 1 aliphatic rings. The van der Waals surface area contributed by atoms with Gasteiger partial charge in [-0.15, -0.1) is 0 Å². The molecule has 26 heavy (non-hydrogen) atoms. The first kappa shape index (κ1) is 18.0. The number of benzene rings is 1. The van der Waals surface area contributed by atoms with Crippen molar-refractivity contribution in [3.63, 3.8) is 0 Å². The molecule has 3 rings (SSSR count). The van der Waals surface area contributed by atoms with Gasteiger partial charge in [-0.05, 0) is 19.1 Å². The molecule has 0 unspecified atom stereocenters. The Morgan fingerprint density at radius 3 is 2.73 bits per heavy atom. The Bertz CT molecular complexity index is 745. The van der Waals surface area contributed by atoms with E-state index in [0.717, 1.165) is 12.8 Å². The highest BCUT2D eigenvalue weighted by Crippen LogP contribution is 2.20. The summed E-state index contributed by atoms with van der Waals surface area (Å²) in [4.78, 5) is 22.5. The van der Waals surface area contributed by atoms with E-state index in [4.69, 9.17) is 14.2 Å². The van der Waals surface area contributed by atoms with Crippen LogP contribution in [-0.2, 0) is 4.79 Å². The number of rotatable bonds is 6. The molecular weight excluding hydrogens is 334 g/mol. The molecular formula is C19H23N3O4. The first-order chi connectivity index (χ1) is 12.6. The van der Waals surface area contributed by atoms with Gasteiger partial charge in [0.25, 0.3) is 5.91 Å². The number of hydrogen-bond donors (Lipinski definition) is 0. The van der Waals surface area contributed by atoms with Crippen molar-refractivity contribution in [2.45, 2.75) is 25.9 Å². The van der Waals surface area contributed by atoms with E-state index < -0.39 is 0 Å². The molecule has 1 amide bonds. The fourth-order valence-corrected chi connectivity index (χ4v) is 2.82. The number of aromatic nitrogens is 2. The van der Waals surface area contributed by atoms with Crippen LogP contribution in [0.5, 0.6) is 17.4 Å². The van der Waals surface area contributed by atoms with Crippen LogP contribution in [-0.4, -0.2) is 53.7 Å². The topological polar surface area (TPSA) is 73.8 Å². The molecule has 2 aromatic rings. The molecule has 0 spiro atoms. The minimum atomic E-state index is -0.0239.